The van der Waals surface area contributed by atoms with Crippen molar-refractivity contribution < 1.29 is 23.9 Å². The SMILES string of the molecule is CCCC(=O)Nc1ccc(C(=O)COC(=O)CC(NC(C)=O)c2cccs2)cc1. The number of thiophene rings is 1. The molecule has 1 atom stereocenters. The smallest absolute Gasteiger partial charge is 0.308 e. The van der Waals surface area contributed by atoms with Crippen molar-refractivity contribution in [2.24, 2.45) is 0 Å². The number of Topliss-reactive ketones (excluding diaryl/α,β-unsaturated/α-hetero) is 1. The maximum atomic E-state index is 12.2. The van der Waals surface area contributed by atoms with Crippen LogP contribution in [-0.4, -0.2) is 30.2 Å². The van der Waals surface area contributed by atoms with Gasteiger partial charge in [0.2, 0.25) is 11.8 Å². The zero-order chi connectivity index (χ0) is 21.2. The van der Waals surface area contributed by atoms with E-state index in [2.05, 4.69) is 10.6 Å². The van der Waals surface area contributed by atoms with Crippen LogP contribution in [0.1, 0.15) is 54.4 Å². The van der Waals surface area contributed by atoms with Crippen LogP contribution in [0.15, 0.2) is 41.8 Å². The van der Waals surface area contributed by atoms with Gasteiger partial charge in [-0.3, -0.25) is 19.2 Å². The lowest BCUT2D eigenvalue weighted by molar-refractivity contribution is -0.143. The summed E-state index contributed by atoms with van der Waals surface area (Å²) in [4.78, 5) is 48.2. The van der Waals surface area contributed by atoms with E-state index in [1.807, 2.05) is 24.4 Å². The fourth-order valence-electron chi connectivity index (χ4n) is 2.60. The number of ether oxygens (including phenoxy) is 1. The first-order valence-corrected chi connectivity index (χ1v) is 10.2. The molecule has 0 saturated heterocycles. The number of rotatable bonds is 10. The van der Waals surface area contributed by atoms with E-state index in [9.17, 15) is 19.2 Å². The van der Waals surface area contributed by atoms with Crippen molar-refractivity contribution in [1.29, 1.82) is 0 Å². The van der Waals surface area contributed by atoms with E-state index in [1.54, 1.807) is 24.3 Å². The molecule has 0 spiro atoms. The molecule has 1 aromatic heterocycles. The normalized spacial score (nSPS) is 11.4. The summed E-state index contributed by atoms with van der Waals surface area (Å²) in [5, 5.41) is 7.31. The van der Waals surface area contributed by atoms with Crippen molar-refractivity contribution in [3.05, 3.63) is 52.2 Å². The first kappa shape index (κ1) is 22.3. The number of carbonyl (C=O) groups is 4. The predicted molar refractivity (Wildman–Crippen MR) is 111 cm³/mol. The van der Waals surface area contributed by atoms with E-state index < -0.39 is 18.6 Å². The Labute approximate surface area is 173 Å². The third-order valence-corrected chi connectivity index (χ3v) is 4.95. The molecule has 29 heavy (non-hydrogen) atoms. The highest BCUT2D eigenvalue weighted by molar-refractivity contribution is 7.10. The highest BCUT2D eigenvalue weighted by Crippen LogP contribution is 2.22. The van der Waals surface area contributed by atoms with Crippen molar-refractivity contribution >= 4 is 40.6 Å². The third kappa shape index (κ3) is 7.50. The number of carbonyl (C=O) groups excluding carboxylic acids is 4. The molecular formula is C21H24N2O5S. The van der Waals surface area contributed by atoms with Crippen LogP contribution in [-0.2, 0) is 19.1 Å². The van der Waals surface area contributed by atoms with Gasteiger partial charge in [0, 0.05) is 29.5 Å². The Kier molecular flexibility index (Phi) is 8.54. The number of esters is 1. The fraction of sp³-hybridized carbons (Fsp3) is 0.333. The second kappa shape index (κ2) is 11.1. The van der Waals surface area contributed by atoms with Gasteiger partial charge in [-0.05, 0) is 42.1 Å². The molecule has 1 heterocycles. The maximum Gasteiger partial charge on any atom is 0.308 e. The molecular weight excluding hydrogens is 392 g/mol. The van der Waals surface area contributed by atoms with Crippen LogP contribution in [0.3, 0.4) is 0 Å². The van der Waals surface area contributed by atoms with Crippen LogP contribution < -0.4 is 10.6 Å². The fourth-order valence-corrected chi connectivity index (χ4v) is 3.38. The third-order valence-electron chi connectivity index (χ3n) is 3.97. The lowest BCUT2D eigenvalue weighted by atomic mass is 10.1. The highest BCUT2D eigenvalue weighted by Gasteiger charge is 2.20. The van der Waals surface area contributed by atoms with E-state index in [0.717, 1.165) is 11.3 Å². The van der Waals surface area contributed by atoms with Gasteiger partial charge in [0.25, 0.3) is 0 Å². The minimum atomic E-state index is -0.575. The van der Waals surface area contributed by atoms with E-state index in [-0.39, 0.29) is 24.0 Å². The van der Waals surface area contributed by atoms with Crippen LogP contribution in [0.5, 0.6) is 0 Å². The number of hydrogen-bond acceptors (Lipinski definition) is 6. The van der Waals surface area contributed by atoms with Crippen molar-refractivity contribution in [3.8, 4) is 0 Å². The largest absolute Gasteiger partial charge is 0.457 e. The summed E-state index contributed by atoms with van der Waals surface area (Å²) in [5.41, 5.74) is 0.981. The molecule has 0 aliphatic carbocycles. The Morgan fingerprint density at radius 1 is 1.10 bits per heavy atom. The van der Waals surface area contributed by atoms with Crippen molar-refractivity contribution in [1.82, 2.24) is 5.32 Å². The summed E-state index contributed by atoms with van der Waals surface area (Å²) in [5.74, 6) is -1.26. The number of nitrogens with one attached hydrogen (secondary N) is 2. The molecule has 1 unspecified atom stereocenters. The molecule has 2 N–H and O–H groups in total. The maximum absolute atomic E-state index is 12.2. The zero-order valence-corrected chi connectivity index (χ0v) is 17.2. The Morgan fingerprint density at radius 3 is 2.41 bits per heavy atom. The summed E-state index contributed by atoms with van der Waals surface area (Å²) in [6.07, 6.45) is 1.13. The molecule has 154 valence electrons. The average molecular weight is 416 g/mol. The highest BCUT2D eigenvalue weighted by atomic mass is 32.1. The summed E-state index contributed by atoms with van der Waals surface area (Å²) < 4.78 is 5.09. The standard InChI is InChI=1S/C21H24N2O5S/c1-3-5-20(26)23-16-9-7-15(8-10-16)18(25)13-28-21(27)12-17(22-14(2)24)19-6-4-11-29-19/h4,6-11,17H,3,5,12-13H2,1-2H3,(H,22,24)(H,23,26). The molecule has 8 heteroatoms. The summed E-state index contributed by atoms with van der Waals surface area (Å²) in [7, 11) is 0. The Bertz CT molecular complexity index is 846. The van der Waals surface area contributed by atoms with Crippen molar-refractivity contribution in [2.75, 3.05) is 11.9 Å². The first-order chi connectivity index (χ1) is 13.9. The lowest BCUT2D eigenvalue weighted by Crippen LogP contribution is -2.28. The van der Waals surface area contributed by atoms with Gasteiger partial charge in [0.15, 0.2) is 12.4 Å². The van der Waals surface area contributed by atoms with Gasteiger partial charge in [0.1, 0.15) is 0 Å². The lowest BCUT2D eigenvalue weighted by Gasteiger charge is -2.15. The van der Waals surface area contributed by atoms with Gasteiger partial charge in [-0.15, -0.1) is 11.3 Å². The minimum Gasteiger partial charge on any atom is -0.457 e. The average Bonchev–Trinajstić information content (AvgIpc) is 3.21. The molecule has 0 bridgehead atoms. The van der Waals surface area contributed by atoms with Crippen LogP contribution in [0.25, 0.3) is 0 Å². The van der Waals surface area contributed by atoms with Crippen molar-refractivity contribution in [3.63, 3.8) is 0 Å². The predicted octanol–water partition coefficient (Wildman–Crippen LogP) is 3.48. The molecule has 7 nitrogen and oxygen atoms in total. The molecule has 0 fully saturated rings. The summed E-state index contributed by atoms with van der Waals surface area (Å²) >= 11 is 1.43. The molecule has 2 aromatic rings. The molecule has 1 aromatic carbocycles. The zero-order valence-electron chi connectivity index (χ0n) is 16.4. The Hall–Kier alpha value is -3.00. The second-order valence-electron chi connectivity index (χ2n) is 6.43. The van der Waals surface area contributed by atoms with Gasteiger partial charge in [-0.25, -0.2) is 0 Å². The topological polar surface area (TPSA) is 102 Å². The molecule has 0 aliphatic rings. The molecule has 0 aliphatic heterocycles. The van der Waals surface area contributed by atoms with Gasteiger partial charge < -0.3 is 15.4 Å². The van der Waals surface area contributed by atoms with E-state index in [0.29, 0.717) is 17.7 Å². The molecule has 0 radical (unpaired) electrons. The second-order valence-corrected chi connectivity index (χ2v) is 7.41. The van der Waals surface area contributed by atoms with E-state index in [4.69, 9.17) is 4.74 Å². The monoisotopic (exact) mass is 416 g/mol. The van der Waals surface area contributed by atoms with Crippen LogP contribution >= 0.6 is 11.3 Å². The number of amides is 2. The van der Waals surface area contributed by atoms with Gasteiger partial charge in [-0.2, -0.15) is 0 Å². The van der Waals surface area contributed by atoms with Gasteiger partial charge in [0.05, 0.1) is 12.5 Å². The quantitative estimate of drug-likeness (QED) is 0.456. The summed E-state index contributed by atoms with van der Waals surface area (Å²) in [6.45, 7) is 2.91. The molecule has 2 rings (SSSR count). The Morgan fingerprint density at radius 2 is 1.83 bits per heavy atom. The van der Waals surface area contributed by atoms with Crippen molar-refractivity contribution in [2.45, 2.75) is 39.2 Å². The molecule has 2 amide bonds. The molecule has 0 saturated carbocycles. The van der Waals surface area contributed by atoms with Crippen LogP contribution in [0.2, 0.25) is 0 Å². The Balaban J connectivity index is 1.86. The van der Waals surface area contributed by atoms with E-state index in [1.165, 1.54) is 18.3 Å². The minimum absolute atomic E-state index is 0.0598. The van der Waals surface area contributed by atoms with Crippen LogP contribution in [0, 0.1) is 0 Å². The number of anilines is 1. The first-order valence-electron chi connectivity index (χ1n) is 9.28. The number of benzene rings is 1. The van der Waals surface area contributed by atoms with E-state index >= 15 is 0 Å². The number of ketones is 1. The van der Waals surface area contributed by atoms with Gasteiger partial charge >= 0.3 is 5.97 Å². The summed E-state index contributed by atoms with van der Waals surface area (Å²) in [6, 6.07) is 9.58. The van der Waals surface area contributed by atoms with Gasteiger partial charge in [-0.1, -0.05) is 13.0 Å². The number of hydrogen-bond donors (Lipinski definition) is 2. The van der Waals surface area contributed by atoms with Crippen LogP contribution in [0.4, 0.5) is 5.69 Å².